The van der Waals surface area contributed by atoms with Crippen molar-refractivity contribution >= 4 is 34.7 Å². The van der Waals surface area contributed by atoms with Crippen LogP contribution in [0.15, 0.2) is 59.4 Å². The van der Waals surface area contributed by atoms with E-state index in [2.05, 4.69) is 25.0 Å². The average Bonchev–Trinajstić information content (AvgIpc) is 3.29. The number of nitrogens with zero attached hydrogens (tertiary/aromatic N) is 3. The van der Waals surface area contributed by atoms with Crippen LogP contribution in [0.3, 0.4) is 0 Å². The summed E-state index contributed by atoms with van der Waals surface area (Å²) in [5.74, 6) is 1.05. The molecule has 1 aromatic carbocycles. The Kier molecular flexibility index (Phi) is 6.49. The zero-order valence-electron chi connectivity index (χ0n) is 18.4. The number of amides is 1. The molecule has 10 heteroatoms. The molecule has 4 aromatic rings. The average molecular weight is 459 g/mol. The van der Waals surface area contributed by atoms with Crippen molar-refractivity contribution in [2.45, 2.75) is 6.54 Å². The van der Waals surface area contributed by atoms with Crippen LogP contribution in [0, 0.1) is 0 Å². The molecule has 0 radical (unpaired) electrons. The standard InChI is InChI=1S/C24H21N5O5/c1-32-19-9-16(23-28-11-17(12-29-23)24(31)33-2)7-15-8-18(34-22(15)19)13-27-21(30)6-4-14-3-5-20(25)26-10-14/h3-12H,13H2,1-2H3,(H2,25,26)(H,27,30). The van der Waals surface area contributed by atoms with Crippen LogP contribution in [-0.4, -0.2) is 41.0 Å². The highest BCUT2D eigenvalue weighted by Crippen LogP contribution is 2.33. The number of methoxy groups -OCH3 is 2. The molecule has 0 atom stereocenters. The van der Waals surface area contributed by atoms with E-state index >= 15 is 0 Å². The number of nitrogen functional groups attached to an aromatic ring is 1. The second-order valence-electron chi connectivity index (χ2n) is 7.16. The van der Waals surface area contributed by atoms with Crippen molar-refractivity contribution in [3.8, 4) is 17.1 Å². The van der Waals surface area contributed by atoms with Gasteiger partial charge < -0.3 is 24.9 Å². The van der Waals surface area contributed by atoms with Crippen LogP contribution in [0.5, 0.6) is 5.75 Å². The molecule has 3 N–H and O–H groups in total. The van der Waals surface area contributed by atoms with E-state index in [1.54, 1.807) is 36.5 Å². The van der Waals surface area contributed by atoms with Gasteiger partial charge in [0.2, 0.25) is 5.91 Å². The van der Waals surface area contributed by atoms with E-state index in [0.717, 1.165) is 10.9 Å². The number of benzene rings is 1. The third-order valence-electron chi connectivity index (χ3n) is 4.86. The highest BCUT2D eigenvalue weighted by molar-refractivity contribution is 5.92. The number of ether oxygens (including phenoxy) is 2. The largest absolute Gasteiger partial charge is 0.493 e. The number of aromatic nitrogens is 3. The van der Waals surface area contributed by atoms with Gasteiger partial charge in [-0.3, -0.25) is 4.79 Å². The molecule has 0 aliphatic rings. The van der Waals surface area contributed by atoms with Crippen molar-refractivity contribution in [1.82, 2.24) is 20.3 Å². The van der Waals surface area contributed by atoms with Crippen LogP contribution >= 0.6 is 0 Å². The lowest BCUT2D eigenvalue weighted by molar-refractivity contribution is -0.116. The minimum atomic E-state index is -0.513. The number of furan rings is 1. The Bertz CT molecular complexity index is 1360. The van der Waals surface area contributed by atoms with Crippen LogP contribution in [0.25, 0.3) is 28.4 Å². The molecule has 3 aromatic heterocycles. The number of pyridine rings is 1. The Morgan fingerprint density at radius 3 is 2.56 bits per heavy atom. The Morgan fingerprint density at radius 1 is 1.09 bits per heavy atom. The van der Waals surface area contributed by atoms with E-state index in [9.17, 15) is 9.59 Å². The van der Waals surface area contributed by atoms with Gasteiger partial charge in [-0.2, -0.15) is 0 Å². The van der Waals surface area contributed by atoms with Gasteiger partial charge in [-0.15, -0.1) is 0 Å². The van der Waals surface area contributed by atoms with E-state index < -0.39 is 5.97 Å². The molecule has 0 saturated heterocycles. The molecule has 10 nitrogen and oxygen atoms in total. The summed E-state index contributed by atoms with van der Waals surface area (Å²) < 4.78 is 16.0. The topological polar surface area (TPSA) is 142 Å². The quantitative estimate of drug-likeness (QED) is 0.315. The van der Waals surface area contributed by atoms with E-state index in [4.69, 9.17) is 14.9 Å². The van der Waals surface area contributed by atoms with Gasteiger partial charge in [-0.25, -0.2) is 19.7 Å². The fourth-order valence-corrected chi connectivity index (χ4v) is 3.16. The Hall–Kier alpha value is -4.73. The number of nitrogens with two attached hydrogens (primary N) is 1. The molecule has 0 bridgehead atoms. The fourth-order valence-electron chi connectivity index (χ4n) is 3.16. The molecule has 0 fully saturated rings. The molecule has 0 aliphatic heterocycles. The van der Waals surface area contributed by atoms with Crippen molar-refractivity contribution in [3.05, 3.63) is 71.9 Å². The number of carbonyl (C=O) groups excluding carboxylic acids is 2. The number of hydrogen-bond acceptors (Lipinski definition) is 9. The highest BCUT2D eigenvalue weighted by Gasteiger charge is 2.15. The first-order chi connectivity index (χ1) is 16.5. The first kappa shape index (κ1) is 22.5. The van der Waals surface area contributed by atoms with Gasteiger partial charge in [0.25, 0.3) is 0 Å². The van der Waals surface area contributed by atoms with E-state index in [0.29, 0.717) is 34.3 Å². The van der Waals surface area contributed by atoms with Crippen molar-refractivity contribution in [1.29, 1.82) is 0 Å². The van der Waals surface area contributed by atoms with Gasteiger partial charge in [0.1, 0.15) is 11.6 Å². The third kappa shape index (κ3) is 5.01. The second-order valence-corrected chi connectivity index (χ2v) is 7.16. The number of rotatable bonds is 7. The van der Waals surface area contributed by atoms with Gasteiger partial charge in [0, 0.05) is 35.6 Å². The lowest BCUT2D eigenvalue weighted by Crippen LogP contribution is -2.19. The summed E-state index contributed by atoms with van der Waals surface area (Å²) in [6.07, 6.45) is 7.42. The lowest BCUT2D eigenvalue weighted by atomic mass is 10.1. The summed E-state index contributed by atoms with van der Waals surface area (Å²) >= 11 is 0. The second kappa shape index (κ2) is 9.82. The molecular formula is C24H21N5O5. The van der Waals surface area contributed by atoms with E-state index in [1.807, 2.05) is 6.07 Å². The number of anilines is 1. The van der Waals surface area contributed by atoms with Crippen LogP contribution in [-0.2, 0) is 16.1 Å². The molecule has 0 unspecified atom stereocenters. The zero-order valence-corrected chi connectivity index (χ0v) is 18.4. The minimum Gasteiger partial charge on any atom is -0.493 e. The van der Waals surface area contributed by atoms with Crippen LogP contribution in [0.1, 0.15) is 21.7 Å². The monoisotopic (exact) mass is 459 g/mol. The van der Waals surface area contributed by atoms with Crippen molar-refractivity contribution in [2.75, 3.05) is 20.0 Å². The molecule has 0 saturated carbocycles. The van der Waals surface area contributed by atoms with Crippen molar-refractivity contribution < 1.29 is 23.5 Å². The maximum atomic E-state index is 12.2. The zero-order chi connectivity index (χ0) is 24.1. The Morgan fingerprint density at radius 2 is 1.88 bits per heavy atom. The molecule has 3 heterocycles. The summed E-state index contributed by atoms with van der Waals surface area (Å²) in [6, 6.07) is 8.81. The summed E-state index contributed by atoms with van der Waals surface area (Å²) in [4.78, 5) is 36.2. The van der Waals surface area contributed by atoms with Gasteiger partial charge in [-0.1, -0.05) is 0 Å². The summed E-state index contributed by atoms with van der Waals surface area (Å²) in [7, 11) is 2.82. The number of fused-ring (bicyclic) bond motifs is 1. The molecule has 172 valence electrons. The van der Waals surface area contributed by atoms with Gasteiger partial charge >= 0.3 is 5.97 Å². The van der Waals surface area contributed by atoms with Crippen LogP contribution in [0.2, 0.25) is 0 Å². The predicted molar refractivity (Wildman–Crippen MR) is 125 cm³/mol. The fraction of sp³-hybridized carbons (Fsp3) is 0.125. The van der Waals surface area contributed by atoms with Gasteiger partial charge in [0.15, 0.2) is 17.2 Å². The lowest BCUT2D eigenvalue weighted by Gasteiger charge is -2.05. The Balaban J connectivity index is 1.50. The summed E-state index contributed by atoms with van der Waals surface area (Å²) in [5.41, 5.74) is 7.77. The number of esters is 1. The van der Waals surface area contributed by atoms with Gasteiger partial charge in [-0.05, 0) is 42.0 Å². The highest BCUT2D eigenvalue weighted by atomic mass is 16.5. The molecule has 0 spiro atoms. The Labute approximate surface area is 194 Å². The van der Waals surface area contributed by atoms with Crippen molar-refractivity contribution in [2.24, 2.45) is 0 Å². The van der Waals surface area contributed by atoms with E-state index in [-0.39, 0.29) is 18.0 Å². The van der Waals surface area contributed by atoms with Crippen LogP contribution in [0.4, 0.5) is 5.82 Å². The number of nitrogens with one attached hydrogen (secondary N) is 1. The maximum absolute atomic E-state index is 12.2. The number of carbonyl (C=O) groups is 2. The molecule has 0 aliphatic carbocycles. The van der Waals surface area contributed by atoms with Crippen LogP contribution < -0.4 is 15.8 Å². The first-order valence-electron chi connectivity index (χ1n) is 10.2. The number of hydrogen-bond donors (Lipinski definition) is 2. The normalized spacial score (nSPS) is 11.0. The molecular weight excluding hydrogens is 438 g/mol. The smallest absolute Gasteiger partial charge is 0.341 e. The minimum absolute atomic E-state index is 0.181. The van der Waals surface area contributed by atoms with E-state index in [1.165, 1.54) is 32.7 Å². The molecule has 4 rings (SSSR count). The SMILES string of the molecule is COC(=O)c1cnc(-c2cc(OC)c3oc(CNC(=O)C=Cc4ccc(N)nc4)cc3c2)nc1. The third-order valence-corrected chi connectivity index (χ3v) is 4.86. The maximum Gasteiger partial charge on any atom is 0.341 e. The predicted octanol–water partition coefficient (Wildman–Crippen LogP) is 2.99. The summed E-state index contributed by atoms with van der Waals surface area (Å²) in [6.45, 7) is 0.181. The molecule has 1 amide bonds. The molecule has 34 heavy (non-hydrogen) atoms. The van der Waals surface area contributed by atoms with Gasteiger partial charge in [0.05, 0.1) is 26.3 Å². The van der Waals surface area contributed by atoms with Crippen molar-refractivity contribution in [3.63, 3.8) is 0 Å². The first-order valence-corrected chi connectivity index (χ1v) is 10.2. The summed E-state index contributed by atoms with van der Waals surface area (Å²) in [5, 5.41) is 3.53.